The van der Waals surface area contributed by atoms with E-state index in [4.69, 9.17) is 5.11 Å². The van der Waals surface area contributed by atoms with E-state index in [9.17, 15) is 9.59 Å². The maximum atomic E-state index is 12.4. The zero-order chi connectivity index (χ0) is 18.2. The Balaban J connectivity index is 1.65. The molecule has 0 atom stereocenters. The average Bonchev–Trinajstić information content (AvgIpc) is 3.05. The first-order valence-electron chi connectivity index (χ1n) is 9.77. The van der Waals surface area contributed by atoms with Gasteiger partial charge in [0.15, 0.2) is 0 Å². The zero-order valence-corrected chi connectivity index (χ0v) is 15.7. The van der Waals surface area contributed by atoms with Crippen molar-refractivity contribution in [2.75, 3.05) is 45.8 Å². The molecule has 0 aromatic heterocycles. The van der Waals surface area contributed by atoms with Crippen molar-refractivity contribution in [1.82, 2.24) is 20.0 Å². The van der Waals surface area contributed by atoms with Gasteiger partial charge in [0.1, 0.15) is 0 Å². The minimum atomic E-state index is -0.788. The molecule has 1 aliphatic heterocycles. The van der Waals surface area contributed by atoms with Crippen molar-refractivity contribution in [2.45, 2.75) is 58.0 Å². The lowest BCUT2D eigenvalue weighted by Gasteiger charge is -2.42. The van der Waals surface area contributed by atoms with Crippen LogP contribution in [0.25, 0.3) is 0 Å². The van der Waals surface area contributed by atoms with Gasteiger partial charge in [0.2, 0.25) is 0 Å². The zero-order valence-electron chi connectivity index (χ0n) is 15.7. The van der Waals surface area contributed by atoms with E-state index in [1.165, 1.54) is 25.9 Å². The first-order chi connectivity index (χ1) is 12.0. The highest BCUT2D eigenvalue weighted by Crippen LogP contribution is 2.25. The molecular formula is C18H34N4O3. The van der Waals surface area contributed by atoms with E-state index in [1.54, 1.807) is 0 Å². The molecule has 7 heteroatoms. The lowest BCUT2D eigenvalue weighted by Crippen LogP contribution is -2.57. The molecule has 1 saturated carbocycles. The first kappa shape index (κ1) is 20.0. The number of rotatable bonds is 10. The highest BCUT2D eigenvalue weighted by Gasteiger charge is 2.35. The Kier molecular flexibility index (Phi) is 7.96. The van der Waals surface area contributed by atoms with Crippen LogP contribution in [0.5, 0.6) is 0 Å². The summed E-state index contributed by atoms with van der Waals surface area (Å²) in [6.07, 6.45) is 5.32. The van der Waals surface area contributed by atoms with Gasteiger partial charge in [0, 0.05) is 25.2 Å². The van der Waals surface area contributed by atoms with Crippen LogP contribution in [-0.4, -0.2) is 89.7 Å². The Labute approximate surface area is 151 Å². The van der Waals surface area contributed by atoms with Crippen molar-refractivity contribution in [1.29, 1.82) is 0 Å². The summed E-state index contributed by atoms with van der Waals surface area (Å²) < 4.78 is 0. The molecule has 0 aromatic rings. The summed E-state index contributed by atoms with van der Waals surface area (Å²) in [4.78, 5) is 29.6. The molecular weight excluding hydrogens is 320 g/mol. The molecule has 25 heavy (non-hydrogen) atoms. The number of likely N-dealkylation sites (N-methyl/N-ethyl adjacent to an activating group) is 1. The highest BCUT2D eigenvalue weighted by atomic mass is 16.4. The van der Waals surface area contributed by atoms with Gasteiger partial charge < -0.3 is 20.2 Å². The number of hydrogen-bond acceptors (Lipinski definition) is 4. The number of aliphatic carboxylic acids is 1. The predicted molar refractivity (Wildman–Crippen MR) is 97.8 cm³/mol. The number of carbonyl (C=O) groups is 2. The van der Waals surface area contributed by atoms with E-state index in [1.807, 2.05) is 23.6 Å². The van der Waals surface area contributed by atoms with Gasteiger partial charge in [-0.25, -0.2) is 4.79 Å². The Hall–Kier alpha value is -1.34. The Bertz CT molecular complexity index is 434. The Morgan fingerprint density at radius 3 is 2.40 bits per heavy atom. The van der Waals surface area contributed by atoms with E-state index < -0.39 is 5.97 Å². The van der Waals surface area contributed by atoms with Crippen molar-refractivity contribution in [2.24, 2.45) is 0 Å². The molecule has 1 aliphatic carbocycles. The molecule has 1 saturated heterocycles. The van der Waals surface area contributed by atoms with Crippen molar-refractivity contribution >= 4 is 12.0 Å². The Morgan fingerprint density at radius 1 is 1.16 bits per heavy atom. The summed E-state index contributed by atoms with van der Waals surface area (Å²) in [7, 11) is 0. The molecule has 1 heterocycles. The minimum absolute atomic E-state index is 0.0219. The van der Waals surface area contributed by atoms with Crippen LogP contribution in [0.4, 0.5) is 4.79 Å². The monoisotopic (exact) mass is 354 g/mol. The SMILES string of the molecule is CCN(CCCN1CCCC1)C(=O)NC1CC(N(CC)CC(=O)O)C1. The van der Waals surface area contributed by atoms with Crippen LogP contribution in [0.2, 0.25) is 0 Å². The topological polar surface area (TPSA) is 76.1 Å². The molecule has 7 nitrogen and oxygen atoms in total. The van der Waals surface area contributed by atoms with Crippen LogP contribution in [-0.2, 0) is 4.79 Å². The van der Waals surface area contributed by atoms with E-state index >= 15 is 0 Å². The molecule has 0 aromatic carbocycles. The van der Waals surface area contributed by atoms with E-state index in [2.05, 4.69) is 10.2 Å². The van der Waals surface area contributed by atoms with Crippen molar-refractivity contribution < 1.29 is 14.7 Å². The second-order valence-corrected chi connectivity index (χ2v) is 7.21. The molecule has 2 fully saturated rings. The fourth-order valence-corrected chi connectivity index (χ4v) is 3.84. The van der Waals surface area contributed by atoms with Gasteiger partial charge in [-0.05, 0) is 65.2 Å². The normalized spacial score (nSPS) is 23.5. The van der Waals surface area contributed by atoms with E-state index in [-0.39, 0.29) is 24.7 Å². The predicted octanol–water partition coefficient (Wildman–Crippen LogP) is 1.44. The van der Waals surface area contributed by atoms with Gasteiger partial charge in [-0.1, -0.05) is 6.92 Å². The second-order valence-electron chi connectivity index (χ2n) is 7.21. The Morgan fingerprint density at radius 2 is 1.84 bits per heavy atom. The average molecular weight is 354 g/mol. The summed E-state index contributed by atoms with van der Waals surface area (Å²) in [6.45, 7) is 9.82. The molecule has 2 N–H and O–H groups in total. The summed E-state index contributed by atoms with van der Waals surface area (Å²) in [5.74, 6) is -0.788. The molecule has 0 bridgehead atoms. The number of amides is 2. The smallest absolute Gasteiger partial charge is 0.317 e. The lowest BCUT2D eigenvalue weighted by molar-refractivity contribution is -0.139. The summed E-state index contributed by atoms with van der Waals surface area (Å²) in [5.41, 5.74) is 0. The fraction of sp³-hybridized carbons (Fsp3) is 0.889. The number of carboxylic acids is 1. The molecule has 2 aliphatic rings. The molecule has 2 rings (SSSR count). The first-order valence-corrected chi connectivity index (χ1v) is 9.77. The van der Waals surface area contributed by atoms with Crippen LogP contribution >= 0.6 is 0 Å². The van der Waals surface area contributed by atoms with Crippen molar-refractivity contribution in [3.8, 4) is 0 Å². The summed E-state index contributed by atoms with van der Waals surface area (Å²) in [5, 5.41) is 12.0. The third kappa shape index (κ3) is 6.15. The second kappa shape index (κ2) is 9.97. The third-order valence-electron chi connectivity index (χ3n) is 5.47. The van der Waals surface area contributed by atoms with E-state index in [0.29, 0.717) is 0 Å². The maximum Gasteiger partial charge on any atom is 0.317 e. The van der Waals surface area contributed by atoms with Crippen LogP contribution in [0.15, 0.2) is 0 Å². The standard InChI is InChI=1S/C18H34N4O3/c1-3-21(11-7-10-20-8-5-6-9-20)18(25)19-15-12-16(13-15)22(4-2)14-17(23)24/h15-16H,3-14H2,1-2H3,(H,19,25)(H,23,24). The molecule has 2 amide bonds. The molecule has 144 valence electrons. The van der Waals surface area contributed by atoms with Gasteiger partial charge in [-0.2, -0.15) is 0 Å². The van der Waals surface area contributed by atoms with Crippen LogP contribution in [0.1, 0.15) is 46.0 Å². The number of carboxylic acid groups (broad SMARTS) is 1. The van der Waals surface area contributed by atoms with Gasteiger partial charge in [0.25, 0.3) is 0 Å². The number of urea groups is 1. The van der Waals surface area contributed by atoms with Gasteiger partial charge in [-0.15, -0.1) is 0 Å². The van der Waals surface area contributed by atoms with E-state index in [0.717, 1.165) is 45.4 Å². The van der Waals surface area contributed by atoms with Crippen LogP contribution in [0, 0.1) is 0 Å². The number of hydrogen-bond donors (Lipinski definition) is 2. The minimum Gasteiger partial charge on any atom is -0.480 e. The highest BCUT2D eigenvalue weighted by molar-refractivity contribution is 5.74. The van der Waals surface area contributed by atoms with Gasteiger partial charge >= 0.3 is 12.0 Å². The molecule has 0 radical (unpaired) electrons. The van der Waals surface area contributed by atoms with Crippen molar-refractivity contribution in [3.05, 3.63) is 0 Å². The number of carbonyl (C=O) groups excluding carboxylic acids is 1. The lowest BCUT2D eigenvalue weighted by atomic mass is 9.85. The number of nitrogens with one attached hydrogen (secondary N) is 1. The van der Waals surface area contributed by atoms with Crippen LogP contribution < -0.4 is 5.32 Å². The summed E-state index contributed by atoms with van der Waals surface area (Å²) >= 11 is 0. The number of nitrogens with zero attached hydrogens (tertiary/aromatic N) is 3. The van der Waals surface area contributed by atoms with Gasteiger partial charge in [-0.3, -0.25) is 9.69 Å². The third-order valence-corrected chi connectivity index (χ3v) is 5.47. The quantitative estimate of drug-likeness (QED) is 0.621. The maximum absolute atomic E-state index is 12.4. The molecule has 0 unspecified atom stereocenters. The van der Waals surface area contributed by atoms with Crippen molar-refractivity contribution in [3.63, 3.8) is 0 Å². The fourth-order valence-electron chi connectivity index (χ4n) is 3.84. The largest absolute Gasteiger partial charge is 0.480 e. The summed E-state index contributed by atoms with van der Waals surface area (Å²) in [6, 6.07) is 0.471. The molecule has 0 spiro atoms. The van der Waals surface area contributed by atoms with Gasteiger partial charge in [0.05, 0.1) is 6.54 Å². The van der Waals surface area contributed by atoms with Crippen LogP contribution in [0.3, 0.4) is 0 Å². The number of likely N-dealkylation sites (tertiary alicyclic amines) is 1.